The molecular formula is C22H22O8. The fourth-order valence-electron chi connectivity index (χ4n) is 3.45. The van der Waals surface area contributed by atoms with Gasteiger partial charge in [0.25, 0.3) is 0 Å². The zero-order chi connectivity index (χ0) is 21.6. The van der Waals surface area contributed by atoms with Gasteiger partial charge >= 0.3 is 0 Å². The van der Waals surface area contributed by atoms with Crippen molar-refractivity contribution in [2.24, 2.45) is 0 Å². The standard InChI is InChI=1S/C22H22O8/c1-10-15(30-22-20(27)19(26)17(24)11(2)28-22)8-7-14-18(25)16(29-21(10)14)9-12-3-5-13(23)6-4-12/h3-9,11,17,19-20,22-24,26-27H,1-2H3/b16-9-/t11-,17-,19+,20+,22+/m0/s1. The first kappa shape index (κ1) is 20.4. The molecule has 4 N–H and O–H groups in total. The lowest BCUT2D eigenvalue weighted by Gasteiger charge is -2.39. The number of phenols is 1. The van der Waals surface area contributed by atoms with Gasteiger partial charge in [0.15, 0.2) is 5.76 Å². The van der Waals surface area contributed by atoms with Crippen molar-refractivity contribution in [1.29, 1.82) is 0 Å². The maximum Gasteiger partial charge on any atom is 0.231 e. The Labute approximate surface area is 172 Å². The largest absolute Gasteiger partial charge is 0.508 e. The number of Topliss-reactive ketones (excluding diaryl/α,β-unsaturated/α-hetero) is 1. The molecule has 0 saturated carbocycles. The molecule has 2 aliphatic rings. The van der Waals surface area contributed by atoms with Crippen LogP contribution in [-0.2, 0) is 4.74 Å². The zero-order valence-corrected chi connectivity index (χ0v) is 16.4. The molecule has 0 bridgehead atoms. The Bertz CT molecular complexity index is 997. The van der Waals surface area contributed by atoms with E-state index in [0.717, 1.165) is 0 Å². The lowest BCUT2D eigenvalue weighted by atomic mass is 10.00. The molecule has 1 fully saturated rings. The van der Waals surface area contributed by atoms with E-state index in [1.54, 1.807) is 44.2 Å². The van der Waals surface area contributed by atoms with Gasteiger partial charge in [0.05, 0.1) is 11.7 Å². The number of allylic oxidation sites excluding steroid dienone is 1. The summed E-state index contributed by atoms with van der Waals surface area (Å²) < 4.78 is 17.0. The first-order valence-electron chi connectivity index (χ1n) is 9.49. The molecule has 1 saturated heterocycles. The van der Waals surface area contributed by atoms with E-state index in [9.17, 15) is 25.2 Å². The van der Waals surface area contributed by atoms with Crippen LogP contribution in [0.2, 0.25) is 0 Å². The molecule has 158 valence electrons. The van der Waals surface area contributed by atoms with Crippen LogP contribution in [0.3, 0.4) is 0 Å². The summed E-state index contributed by atoms with van der Waals surface area (Å²) in [4.78, 5) is 12.7. The summed E-state index contributed by atoms with van der Waals surface area (Å²) in [7, 11) is 0. The van der Waals surface area contributed by atoms with Gasteiger partial charge in [-0.2, -0.15) is 0 Å². The number of carbonyl (C=O) groups excluding carboxylic acids is 1. The maximum atomic E-state index is 12.7. The van der Waals surface area contributed by atoms with E-state index in [1.165, 1.54) is 12.1 Å². The van der Waals surface area contributed by atoms with Crippen LogP contribution in [-0.4, -0.2) is 56.9 Å². The molecular weight excluding hydrogens is 392 g/mol. The molecule has 2 aromatic carbocycles. The predicted octanol–water partition coefficient (Wildman–Crippen LogP) is 1.52. The average Bonchev–Trinajstić information content (AvgIpc) is 3.04. The van der Waals surface area contributed by atoms with Gasteiger partial charge in [-0.15, -0.1) is 0 Å². The Kier molecular flexibility index (Phi) is 5.25. The van der Waals surface area contributed by atoms with Gasteiger partial charge < -0.3 is 34.6 Å². The SMILES string of the molecule is Cc1c(O[C@H]2O[C@@H](C)[C@H](O)[C@@H](O)[C@H]2O)ccc2c1O/C(=C\c1ccc(O)cc1)C2=O. The third-order valence-electron chi connectivity index (χ3n) is 5.28. The van der Waals surface area contributed by atoms with Crippen LogP contribution in [0.25, 0.3) is 6.08 Å². The van der Waals surface area contributed by atoms with Crippen molar-refractivity contribution < 1.29 is 39.4 Å². The van der Waals surface area contributed by atoms with Gasteiger partial charge in [-0.25, -0.2) is 0 Å². The summed E-state index contributed by atoms with van der Waals surface area (Å²) >= 11 is 0. The number of rotatable bonds is 3. The number of benzene rings is 2. The molecule has 0 spiro atoms. The summed E-state index contributed by atoms with van der Waals surface area (Å²) in [6, 6.07) is 9.47. The number of ether oxygens (including phenoxy) is 3. The molecule has 5 atom stereocenters. The second-order valence-electron chi connectivity index (χ2n) is 7.40. The second-order valence-corrected chi connectivity index (χ2v) is 7.40. The smallest absolute Gasteiger partial charge is 0.231 e. The monoisotopic (exact) mass is 414 g/mol. The minimum Gasteiger partial charge on any atom is -0.508 e. The number of phenolic OH excluding ortho intramolecular Hbond substituents is 1. The molecule has 0 aliphatic carbocycles. The van der Waals surface area contributed by atoms with E-state index < -0.39 is 30.7 Å². The van der Waals surface area contributed by atoms with Gasteiger partial charge in [0.1, 0.15) is 35.6 Å². The van der Waals surface area contributed by atoms with Crippen LogP contribution in [0.1, 0.15) is 28.4 Å². The van der Waals surface area contributed by atoms with Crippen LogP contribution < -0.4 is 9.47 Å². The summed E-state index contributed by atoms with van der Waals surface area (Å²) in [5, 5.41) is 39.3. The molecule has 0 aromatic heterocycles. The molecule has 4 rings (SSSR count). The molecule has 0 amide bonds. The molecule has 30 heavy (non-hydrogen) atoms. The van der Waals surface area contributed by atoms with E-state index in [2.05, 4.69) is 0 Å². The van der Waals surface area contributed by atoms with Crippen LogP contribution in [0.15, 0.2) is 42.2 Å². The highest BCUT2D eigenvalue weighted by Gasteiger charge is 2.43. The third kappa shape index (κ3) is 3.54. The van der Waals surface area contributed by atoms with E-state index in [0.29, 0.717) is 28.2 Å². The van der Waals surface area contributed by atoms with Crippen molar-refractivity contribution in [2.75, 3.05) is 0 Å². The Morgan fingerprint density at radius 3 is 2.40 bits per heavy atom. The number of hydrogen-bond donors (Lipinski definition) is 4. The Hall–Kier alpha value is -2.91. The van der Waals surface area contributed by atoms with Crippen molar-refractivity contribution in [3.63, 3.8) is 0 Å². The van der Waals surface area contributed by atoms with Crippen LogP contribution in [0.4, 0.5) is 0 Å². The van der Waals surface area contributed by atoms with Crippen molar-refractivity contribution in [1.82, 2.24) is 0 Å². The molecule has 2 aliphatic heterocycles. The Morgan fingerprint density at radius 2 is 1.70 bits per heavy atom. The molecule has 8 nitrogen and oxygen atoms in total. The van der Waals surface area contributed by atoms with Gasteiger partial charge in [-0.3, -0.25) is 4.79 Å². The van der Waals surface area contributed by atoms with Crippen LogP contribution in [0, 0.1) is 6.92 Å². The summed E-state index contributed by atoms with van der Waals surface area (Å²) in [6.07, 6.45) is -4.44. The number of fused-ring (bicyclic) bond motifs is 1. The highest BCUT2D eigenvalue weighted by molar-refractivity contribution is 6.14. The average molecular weight is 414 g/mol. The highest BCUT2D eigenvalue weighted by atomic mass is 16.7. The number of carbonyl (C=O) groups is 1. The number of aromatic hydroxyl groups is 1. The number of aliphatic hydroxyl groups excluding tert-OH is 3. The lowest BCUT2D eigenvalue weighted by Crippen LogP contribution is -2.58. The summed E-state index contributed by atoms with van der Waals surface area (Å²) in [5.74, 6) is 0.621. The van der Waals surface area contributed by atoms with E-state index in [4.69, 9.17) is 14.2 Å². The third-order valence-corrected chi connectivity index (χ3v) is 5.28. The first-order valence-corrected chi connectivity index (χ1v) is 9.49. The van der Waals surface area contributed by atoms with Crippen molar-refractivity contribution in [3.8, 4) is 17.2 Å². The first-order chi connectivity index (χ1) is 14.3. The van der Waals surface area contributed by atoms with Gasteiger partial charge in [-0.05, 0) is 49.8 Å². The predicted molar refractivity (Wildman–Crippen MR) is 105 cm³/mol. The van der Waals surface area contributed by atoms with E-state index in [1.807, 2.05) is 0 Å². The van der Waals surface area contributed by atoms with Gasteiger partial charge in [0.2, 0.25) is 12.1 Å². The van der Waals surface area contributed by atoms with Crippen molar-refractivity contribution in [3.05, 3.63) is 58.8 Å². The lowest BCUT2D eigenvalue weighted by molar-refractivity contribution is -0.268. The van der Waals surface area contributed by atoms with Gasteiger partial charge in [0, 0.05) is 5.56 Å². The van der Waals surface area contributed by atoms with Crippen molar-refractivity contribution >= 4 is 11.9 Å². The summed E-state index contributed by atoms with van der Waals surface area (Å²) in [5.41, 5.74) is 1.59. The molecule has 0 radical (unpaired) electrons. The topological polar surface area (TPSA) is 126 Å². The number of aliphatic hydroxyl groups is 3. The Balaban J connectivity index is 1.58. The normalized spacial score (nSPS) is 29.6. The highest BCUT2D eigenvalue weighted by Crippen LogP contribution is 2.40. The van der Waals surface area contributed by atoms with Crippen LogP contribution in [0.5, 0.6) is 17.2 Å². The maximum absolute atomic E-state index is 12.7. The molecule has 2 aromatic rings. The zero-order valence-electron chi connectivity index (χ0n) is 16.4. The number of ketones is 1. The fraction of sp³-hybridized carbons (Fsp3) is 0.318. The van der Waals surface area contributed by atoms with Gasteiger partial charge in [-0.1, -0.05) is 12.1 Å². The fourth-order valence-corrected chi connectivity index (χ4v) is 3.45. The quantitative estimate of drug-likeness (QED) is 0.557. The summed E-state index contributed by atoms with van der Waals surface area (Å²) in [6.45, 7) is 3.27. The molecule has 2 heterocycles. The minimum atomic E-state index is -1.45. The van der Waals surface area contributed by atoms with Crippen molar-refractivity contribution in [2.45, 2.75) is 44.6 Å². The van der Waals surface area contributed by atoms with Crippen LogP contribution >= 0.6 is 0 Å². The van der Waals surface area contributed by atoms with E-state index in [-0.39, 0.29) is 17.3 Å². The molecule has 8 heteroatoms. The van der Waals surface area contributed by atoms with E-state index >= 15 is 0 Å². The second kappa shape index (κ2) is 7.73. The minimum absolute atomic E-state index is 0.121. The Morgan fingerprint density at radius 1 is 1.00 bits per heavy atom. The molecule has 0 unspecified atom stereocenters. The number of hydrogen-bond acceptors (Lipinski definition) is 8.